The fraction of sp³-hybridized carbons (Fsp3) is 0.500. The first-order chi connectivity index (χ1) is 12.2. The van der Waals surface area contributed by atoms with Gasteiger partial charge in [-0.05, 0) is 18.9 Å². The summed E-state index contributed by atoms with van der Waals surface area (Å²) in [5.74, 6) is 0.997. The molecule has 3 rings (SSSR count). The molecular weight excluding hydrogens is 328 g/mol. The van der Waals surface area contributed by atoms with Crippen molar-refractivity contribution in [3.05, 3.63) is 29.9 Å². The predicted octanol–water partition coefficient (Wildman–Crippen LogP) is 1.30. The third kappa shape index (κ3) is 4.05. The second-order valence-electron chi connectivity index (χ2n) is 5.58. The Bertz CT molecular complexity index is 707. The summed E-state index contributed by atoms with van der Waals surface area (Å²) in [6.45, 7) is 1.42. The number of ether oxygens (including phenoxy) is 3. The molecule has 1 amide bonds. The number of likely N-dealkylation sites (tertiary alicyclic amines) is 1. The van der Waals surface area contributed by atoms with E-state index in [-0.39, 0.29) is 24.5 Å². The van der Waals surface area contributed by atoms with Crippen LogP contribution in [0.4, 0.5) is 0 Å². The lowest BCUT2D eigenvalue weighted by Crippen LogP contribution is -2.43. The number of hydrogen-bond donors (Lipinski definition) is 0. The van der Waals surface area contributed by atoms with Crippen molar-refractivity contribution in [3.8, 4) is 11.8 Å². The number of methoxy groups -OCH3 is 2. The van der Waals surface area contributed by atoms with E-state index in [0.29, 0.717) is 30.4 Å². The van der Waals surface area contributed by atoms with Crippen LogP contribution in [0.25, 0.3) is 0 Å². The lowest BCUT2D eigenvalue weighted by molar-refractivity contribution is -0.00970. The van der Waals surface area contributed by atoms with Crippen molar-refractivity contribution in [2.75, 3.05) is 27.3 Å². The zero-order valence-electron chi connectivity index (χ0n) is 14.2. The lowest BCUT2D eigenvalue weighted by atomic mass is 10.1. The van der Waals surface area contributed by atoms with Gasteiger partial charge in [0.15, 0.2) is 5.82 Å². The summed E-state index contributed by atoms with van der Waals surface area (Å²) in [5, 5.41) is 3.71. The van der Waals surface area contributed by atoms with Crippen molar-refractivity contribution in [2.24, 2.45) is 0 Å². The van der Waals surface area contributed by atoms with Gasteiger partial charge in [-0.25, -0.2) is 0 Å². The first-order valence-electron chi connectivity index (χ1n) is 7.96. The highest BCUT2D eigenvalue weighted by Crippen LogP contribution is 2.23. The first kappa shape index (κ1) is 17.2. The molecule has 134 valence electrons. The Morgan fingerprint density at radius 2 is 2.24 bits per heavy atom. The number of amides is 1. The molecule has 1 fully saturated rings. The maximum Gasteiger partial charge on any atom is 0.259 e. The molecular formula is C16H20N4O5. The average molecular weight is 348 g/mol. The number of nitrogens with zero attached hydrogens (tertiary/aromatic N) is 4. The van der Waals surface area contributed by atoms with Gasteiger partial charge in [-0.15, -0.1) is 0 Å². The molecule has 0 N–H and O–H groups in total. The van der Waals surface area contributed by atoms with Crippen LogP contribution in [0.1, 0.15) is 29.0 Å². The second-order valence-corrected chi connectivity index (χ2v) is 5.58. The SMILES string of the molecule is COc1ccc(C(=O)N2CCCC(OCc3ncon3)C2)c(OC)n1. The van der Waals surface area contributed by atoms with E-state index in [9.17, 15) is 4.79 Å². The van der Waals surface area contributed by atoms with Crippen LogP contribution in [0, 0.1) is 0 Å². The van der Waals surface area contributed by atoms with E-state index < -0.39 is 0 Å². The largest absolute Gasteiger partial charge is 0.481 e. The molecule has 0 bridgehead atoms. The van der Waals surface area contributed by atoms with E-state index >= 15 is 0 Å². The molecule has 25 heavy (non-hydrogen) atoms. The Morgan fingerprint density at radius 1 is 1.36 bits per heavy atom. The zero-order chi connectivity index (χ0) is 17.6. The van der Waals surface area contributed by atoms with Gasteiger partial charge in [-0.2, -0.15) is 9.97 Å². The standard InChI is InChI=1S/C16H20N4O5/c1-22-14-6-5-12(15(18-14)23-2)16(21)20-7-3-4-11(8-20)24-9-13-17-10-25-19-13/h5-6,10-11H,3-4,7-9H2,1-2H3. The van der Waals surface area contributed by atoms with Crippen molar-refractivity contribution in [1.29, 1.82) is 0 Å². The maximum absolute atomic E-state index is 12.8. The third-order valence-corrected chi connectivity index (χ3v) is 3.99. The molecule has 1 aliphatic rings. The number of rotatable bonds is 6. The minimum Gasteiger partial charge on any atom is -0.481 e. The van der Waals surface area contributed by atoms with Crippen LogP contribution >= 0.6 is 0 Å². The predicted molar refractivity (Wildman–Crippen MR) is 85.4 cm³/mol. The number of aromatic nitrogens is 3. The van der Waals surface area contributed by atoms with E-state index in [1.54, 1.807) is 17.0 Å². The summed E-state index contributed by atoms with van der Waals surface area (Å²) in [6.07, 6.45) is 2.92. The summed E-state index contributed by atoms with van der Waals surface area (Å²) in [4.78, 5) is 22.7. The Morgan fingerprint density at radius 3 is 2.96 bits per heavy atom. The molecule has 2 aromatic heterocycles. The van der Waals surface area contributed by atoms with Crippen LogP contribution in [-0.4, -0.2) is 59.3 Å². The molecule has 0 aromatic carbocycles. The number of carbonyl (C=O) groups excluding carboxylic acids is 1. The fourth-order valence-electron chi connectivity index (χ4n) is 2.73. The van der Waals surface area contributed by atoms with E-state index in [1.807, 2.05) is 0 Å². The second kappa shape index (κ2) is 7.93. The van der Waals surface area contributed by atoms with Gasteiger partial charge in [-0.3, -0.25) is 4.79 Å². The summed E-state index contributed by atoms with van der Waals surface area (Å²) >= 11 is 0. The molecule has 0 spiro atoms. The maximum atomic E-state index is 12.8. The quantitative estimate of drug-likeness (QED) is 0.770. The summed E-state index contributed by atoms with van der Waals surface area (Å²) < 4.78 is 20.8. The summed E-state index contributed by atoms with van der Waals surface area (Å²) in [7, 11) is 2.99. The van der Waals surface area contributed by atoms with E-state index in [4.69, 9.17) is 14.2 Å². The highest BCUT2D eigenvalue weighted by atomic mass is 16.5. The van der Waals surface area contributed by atoms with E-state index in [0.717, 1.165) is 12.8 Å². The number of pyridine rings is 1. The van der Waals surface area contributed by atoms with Gasteiger partial charge in [0.2, 0.25) is 18.2 Å². The minimum absolute atomic E-state index is 0.0756. The van der Waals surface area contributed by atoms with Gasteiger partial charge in [0.25, 0.3) is 5.91 Å². The molecule has 1 atom stereocenters. The highest BCUT2D eigenvalue weighted by molar-refractivity contribution is 5.96. The number of hydrogen-bond acceptors (Lipinski definition) is 8. The van der Waals surface area contributed by atoms with E-state index in [2.05, 4.69) is 19.6 Å². The molecule has 9 heteroatoms. The van der Waals surface area contributed by atoms with Crippen LogP contribution in [0.5, 0.6) is 11.8 Å². The van der Waals surface area contributed by atoms with Crippen molar-refractivity contribution in [2.45, 2.75) is 25.6 Å². The highest BCUT2D eigenvalue weighted by Gasteiger charge is 2.27. The van der Waals surface area contributed by atoms with Gasteiger partial charge in [0, 0.05) is 19.2 Å². The molecule has 0 saturated carbocycles. The molecule has 0 aliphatic carbocycles. The number of carbonyl (C=O) groups is 1. The summed E-state index contributed by atoms with van der Waals surface area (Å²) in [6, 6.07) is 3.31. The Hall–Kier alpha value is -2.68. The van der Waals surface area contributed by atoms with Gasteiger partial charge in [0.1, 0.15) is 12.2 Å². The van der Waals surface area contributed by atoms with Crippen LogP contribution < -0.4 is 9.47 Å². The Labute approximate surface area is 144 Å². The van der Waals surface area contributed by atoms with Crippen molar-refractivity contribution in [1.82, 2.24) is 20.0 Å². The fourth-order valence-corrected chi connectivity index (χ4v) is 2.73. The van der Waals surface area contributed by atoms with Crippen molar-refractivity contribution >= 4 is 5.91 Å². The van der Waals surface area contributed by atoms with Crippen molar-refractivity contribution < 1.29 is 23.5 Å². The van der Waals surface area contributed by atoms with Gasteiger partial charge in [-0.1, -0.05) is 5.16 Å². The van der Waals surface area contributed by atoms with Gasteiger partial charge >= 0.3 is 0 Å². The van der Waals surface area contributed by atoms with Crippen LogP contribution in [0.3, 0.4) is 0 Å². The van der Waals surface area contributed by atoms with Gasteiger partial charge < -0.3 is 23.6 Å². The molecule has 0 radical (unpaired) electrons. The molecule has 1 saturated heterocycles. The normalized spacial score (nSPS) is 17.4. The lowest BCUT2D eigenvalue weighted by Gasteiger charge is -2.32. The smallest absolute Gasteiger partial charge is 0.259 e. The Balaban J connectivity index is 1.65. The van der Waals surface area contributed by atoms with Crippen LogP contribution in [0.15, 0.2) is 23.0 Å². The Kier molecular flexibility index (Phi) is 5.44. The first-order valence-corrected chi connectivity index (χ1v) is 7.96. The number of piperidine rings is 1. The van der Waals surface area contributed by atoms with Crippen LogP contribution in [-0.2, 0) is 11.3 Å². The molecule has 3 heterocycles. The van der Waals surface area contributed by atoms with Crippen LogP contribution in [0.2, 0.25) is 0 Å². The molecule has 1 aliphatic heterocycles. The monoisotopic (exact) mass is 348 g/mol. The topological polar surface area (TPSA) is 99.8 Å². The average Bonchev–Trinajstić information content (AvgIpc) is 3.19. The third-order valence-electron chi connectivity index (χ3n) is 3.99. The zero-order valence-corrected chi connectivity index (χ0v) is 14.2. The van der Waals surface area contributed by atoms with E-state index in [1.165, 1.54) is 20.6 Å². The summed E-state index contributed by atoms with van der Waals surface area (Å²) in [5.41, 5.74) is 0.405. The minimum atomic E-state index is -0.139. The molecule has 2 aromatic rings. The van der Waals surface area contributed by atoms with Crippen molar-refractivity contribution in [3.63, 3.8) is 0 Å². The van der Waals surface area contributed by atoms with Gasteiger partial charge in [0.05, 0.1) is 20.3 Å². The molecule has 9 nitrogen and oxygen atoms in total. The molecule has 1 unspecified atom stereocenters.